The molecule has 1 heterocycles. The average Bonchev–Trinajstić information content (AvgIpc) is 2.75. The molecule has 0 aromatic heterocycles. The number of benzene rings is 1. The number of nitrogens with one attached hydrogen (secondary N) is 1. The van der Waals surface area contributed by atoms with Crippen molar-refractivity contribution in [2.45, 2.75) is 11.2 Å². The Balaban J connectivity index is 2.38. The average molecular weight is 344 g/mol. The number of amides is 1. The first-order valence-corrected chi connectivity index (χ1v) is 7.02. The van der Waals surface area contributed by atoms with Crippen molar-refractivity contribution < 1.29 is 14.8 Å². The molecule has 108 valence electrons. The van der Waals surface area contributed by atoms with Gasteiger partial charge in [0.25, 0.3) is 5.69 Å². The number of anilines is 2. The fourth-order valence-corrected chi connectivity index (χ4v) is 2.66. The number of nitro groups is 1. The van der Waals surface area contributed by atoms with E-state index in [0.29, 0.717) is 30.9 Å². The molecule has 0 saturated carbocycles. The minimum absolute atomic E-state index is 0.0416. The van der Waals surface area contributed by atoms with Gasteiger partial charge in [-0.1, -0.05) is 15.9 Å². The molecule has 8 heteroatoms. The van der Waals surface area contributed by atoms with Gasteiger partial charge in [0.05, 0.1) is 22.9 Å². The van der Waals surface area contributed by atoms with Crippen molar-refractivity contribution >= 4 is 38.9 Å². The number of hydrogen-bond acceptors (Lipinski definition) is 5. The largest absolute Gasteiger partial charge is 0.395 e. The third-order valence-corrected chi connectivity index (χ3v) is 3.60. The van der Waals surface area contributed by atoms with Gasteiger partial charge in [-0.25, -0.2) is 0 Å². The van der Waals surface area contributed by atoms with Crippen molar-refractivity contribution in [3.05, 3.63) is 28.3 Å². The van der Waals surface area contributed by atoms with Gasteiger partial charge in [-0.3, -0.25) is 14.9 Å². The van der Waals surface area contributed by atoms with Crippen LogP contribution >= 0.6 is 15.9 Å². The number of alkyl halides is 1. The van der Waals surface area contributed by atoms with Crippen LogP contribution in [0.25, 0.3) is 0 Å². The Labute approximate surface area is 123 Å². The van der Waals surface area contributed by atoms with Gasteiger partial charge >= 0.3 is 0 Å². The van der Waals surface area contributed by atoms with Crippen LogP contribution in [0.1, 0.15) is 6.42 Å². The lowest BCUT2D eigenvalue weighted by Crippen LogP contribution is -2.26. The summed E-state index contributed by atoms with van der Waals surface area (Å²) in [7, 11) is 0. The summed E-state index contributed by atoms with van der Waals surface area (Å²) < 4.78 is 0. The maximum Gasteiger partial charge on any atom is 0.271 e. The third-order valence-electron chi connectivity index (χ3n) is 2.99. The Morgan fingerprint density at radius 1 is 1.55 bits per heavy atom. The minimum Gasteiger partial charge on any atom is -0.395 e. The predicted octanol–water partition coefficient (Wildman–Crippen LogP) is 1.50. The number of carbonyl (C=O) groups excluding carboxylic acids is 1. The van der Waals surface area contributed by atoms with Gasteiger partial charge in [0.1, 0.15) is 0 Å². The highest BCUT2D eigenvalue weighted by Crippen LogP contribution is 2.34. The Morgan fingerprint density at radius 2 is 2.30 bits per heavy atom. The quantitative estimate of drug-likeness (QED) is 0.479. The summed E-state index contributed by atoms with van der Waals surface area (Å²) >= 11 is 3.38. The molecule has 1 amide bonds. The fourth-order valence-electron chi connectivity index (χ4n) is 2.09. The molecular formula is C12H14BrN3O4. The molecular weight excluding hydrogens is 330 g/mol. The van der Waals surface area contributed by atoms with E-state index in [-0.39, 0.29) is 23.0 Å². The van der Waals surface area contributed by atoms with Crippen LogP contribution in [0.2, 0.25) is 0 Å². The van der Waals surface area contributed by atoms with E-state index in [0.717, 1.165) is 0 Å². The Morgan fingerprint density at radius 3 is 2.85 bits per heavy atom. The smallest absolute Gasteiger partial charge is 0.271 e. The second-order valence-electron chi connectivity index (χ2n) is 4.41. The zero-order valence-electron chi connectivity index (χ0n) is 10.6. The number of nitrogens with zero attached hydrogens (tertiary/aromatic N) is 2. The first kappa shape index (κ1) is 14.7. The zero-order valence-corrected chi connectivity index (χ0v) is 12.2. The highest BCUT2D eigenvalue weighted by atomic mass is 79.9. The molecule has 1 aromatic carbocycles. The van der Waals surface area contributed by atoms with E-state index in [4.69, 9.17) is 5.11 Å². The SMILES string of the molecule is O=C1CC(Br)CN1c1cc([N+](=O)[O-])ccc1NCCO. The van der Waals surface area contributed by atoms with Gasteiger partial charge in [-0.05, 0) is 6.07 Å². The molecule has 20 heavy (non-hydrogen) atoms. The van der Waals surface area contributed by atoms with Crippen molar-refractivity contribution in [1.29, 1.82) is 0 Å². The summed E-state index contributed by atoms with van der Waals surface area (Å²) in [6.07, 6.45) is 0.363. The first-order valence-electron chi connectivity index (χ1n) is 6.10. The summed E-state index contributed by atoms with van der Waals surface area (Å²) in [5.74, 6) is -0.0839. The highest BCUT2D eigenvalue weighted by Gasteiger charge is 2.31. The summed E-state index contributed by atoms with van der Waals surface area (Å²) in [6.45, 7) is 0.712. The second-order valence-corrected chi connectivity index (χ2v) is 5.71. The van der Waals surface area contributed by atoms with Crippen molar-refractivity contribution in [3.63, 3.8) is 0 Å². The van der Waals surface area contributed by atoms with E-state index in [1.54, 1.807) is 6.07 Å². The van der Waals surface area contributed by atoms with Gasteiger partial charge in [-0.15, -0.1) is 0 Å². The summed E-state index contributed by atoms with van der Waals surface area (Å²) in [6, 6.07) is 4.30. The second kappa shape index (κ2) is 6.19. The number of aliphatic hydroxyl groups excluding tert-OH is 1. The van der Waals surface area contributed by atoms with Crippen LogP contribution in [0, 0.1) is 10.1 Å². The van der Waals surface area contributed by atoms with Crippen LogP contribution in [0.4, 0.5) is 17.1 Å². The third kappa shape index (κ3) is 3.07. The number of non-ortho nitro benzene ring substituents is 1. The predicted molar refractivity (Wildman–Crippen MR) is 78.4 cm³/mol. The summed E-state index contributed by atoms with van der Waals surface area (Å²) in [5, 5.41) is 22.7. The number of hydrogen-bond donors (Lipinski definition) is 2. The molecule has 1 aliphatic rings. The number of nitro benzene ring substituents is 1. The topological polar surface area (TPSA) is 95.7 Å². The summed E-state index contributed by atoms with van der Waals surface area (Å²) in [4.78, 5) is 23.9. The minimum atomic E-state index is -0.495. The zero-order chi connectivity index (χ0) is 14.7. The van der Waals surface area contributed by atoms with Gasteiger partial charge in [-0.2, -0.15) is 0 Å². The van der Waals surface area contributed by atoms with E-state index in [1.807, 2.05) is 0 Å². The Hall–Kier alpha value is -1.67. The monoisotopic (exact) mass is 343 g/mol. The molecule has 0 spiro atoms. The fraction of sp³-hybridized carbons (Fsp3) is 0.417. The van der Waals surface area contributed by atoms with E-state index in [9.17, 15) is 14.9 Å². The number of rotatable bonds is 5. The van der Waals surface area contributed by atoms with Crippen molar-refractivity contribution in [1.82, 2.24) is 0 Å². The number of aliphatic hydroxyl groups is 1. The molecule has 0 bridgehead atoms. The summed E-state index contributed by atoms with van der Waals surface area (Å²) in [5.41, 5.74) is 1.000. The van der Waals surface area contributed by atoms with Gasteiger partial charge in [0.15, 0.2) is 0 Å². The normalized spacial score (nSPS) is 18.4. The van der Waals surface area contributed by atoms with E-state index < -0.39 is 4.92 Å². The Kier molecular flexibility index (Phi) is 4.56. The van der Waals surface area contributed by atoms with E-state index in [1.165, 1.54) is 17.0 Å². The number of carbonyl (C=O) groups is 1. The van der Waals surface area contributed by atoms with E-state index >= 15 is 0 Å². The molecule has 1 saturated heterocycles. The van der Waals surface area contributed by atoms with Crippen LogP contribution < -0.4 is 10.2 Å². The molecule has 1 unspecified atom stereocenters. The van der Waals surface area contributed by atoms with Gasteiger partial charge in [0.2, 0.25) is 5.91 Å². The Bertz CT molecular complexity index is 537. The molecule has 0 aliphatic carbocycles. The van der Waals surface area contributed by atoms with Crippen LogP contribution in [-0.4, -0.2) is 40.5 Å². The van der Waals surface area contributed by atoms with E-state index in [2.05, 4.69) is 21.2 Å². The van der Waals surface area contributed by atoms with Crippen LogP contribution in [0.5, 0.6) is 0 Å². The lowest BCUT2D eigenvalue weighted by molar-refractivity contribution is -0.384. The van der Waals surface area contributed by atoms with Gasteiger partial charge in [0, 0.05) is 36.5 Å². The van der Waals surface area contributed by atoms with Crippen molar-refractivity contribution in [3.8, 4) is 0 Å². The van der Waals surface area contributed by atoms with Crippen LogP contribution in [-0.2, 0) is 4.79 Å². The first-order chi connectivity index (χ1) is 9.52. The van der Waals surface area contributed by atoms with Gasteiger partial charge < -0.3 is 15.3 Å². The molecule has 2 N–H and O–H groups in total. The molecule has 2 rings (SSSR count). The van der Waals surface area contributed by atoms with Crippen molar-refractivity contribution in [2.24, 2.45) is 0 Å². The maximum absolute atomic E-state index is 11.9. The van der Waals surface area contributed by atoms with Crippen LogP contribution in [0.3, 0.4) is 0 Å². The lowest BCUT2D eigenvalue weighted by atomic mass is 10.2. The molecule has 1 aromatic rings. The lowest BCUT2D eigenvalue weighted by Gasteiger charge is -2.20. The number of halogens is 1. The molecule has 1 fully saturated rings. The highest BCUT2D eigenvalue weighted by molar-refractivity contribution is 9.09. The molecule has 1 atom stereocenters. The molecule has 1 aliphatic heterocycles. The standard InChI is InChI=1S/C12H14BrN3O4/c13-8-5-12(18)15(7-8)11-6-9(16(19)20)1-2-10(11)14-3-4-17/h1-2,6,8,14,17H,3-5,7H2. The van der Waals surface area contributed by atoms with Crippen LogP contribution in [0.15, 0.2) is 18.2 Å². The van der Waals surface area contributed by atoms with Crippen molar-refractivity contribution in [2.75, 3.05) is 29.9 Å². The molecule has 0 radical (unpaired) electrons. The molecule has 7 nitrogen and oxygen atoms in total. The maximum atomic E-state index is 11.9.